The molecule has 0 aliphatic rings. The molecular formula is C33H47N3O6. The molecule has 0 fully saturated rings. The minimum absolute atomic E-state index is 0.197. The Bertz CT molecular complexity index is 1210. The molecule has 2 N–H and O–H groups in total. The lowest BCUT2D eigenvalue weighted by Crippen LogP contribution is -2.59. The van der Waals surface area contributed by atoms with Gasteiger partial charge in [-0.05, 0) is 80.4 Å². The standard InChI is InChI=1S/C33H47N3O6/c1-22(34-30(40)42-33(8,9)10)28(38)36(31(2,3)4)26(24-19-15-12-16-20-24)27(37)35-25(29(39)41-32(5,6)7)21-23-17-13-11-14-18-23/h11-20,22,25-26H,21H2,1-10H3,(H,34,40)(H,35,37). The van der Waals surface area contributed by atoms with Crippen molar-refractivity contribution in [2.24, 2.45) is 0 Å². The predicted molar refractivity (Wildman–Crippen MR) is 163 cm³/mol. The smallest absolute Gasteiger partial charge is 0.408 e. The van der Waals surface area contributed by atoms with Crippen molar-refractivity contribution in [3.05, 3.63) is 71.8 Å². The van der Waals surface area contributed by atoms with Gasteiger partial charge in [-0.25, -0.2) is 9.59 Å². The predicted octanol–water partition coefficient (Wildman–Crippen LogP) is 5.34. The molecule has 2 aromatic rings. The lowest BCUT2D eigenvalue weighted by Gasteiger charge is -2.43. The third-order valence-electron chi connectivity index (χ3n) is 5.98. The van der Waals surface area contributed by atoms with Crippen molar-refractivity contribution in [3.63, 3.8) is 0 Å². The summed E-state index contributed by atoms with van der Waals surface area (Å²) in [5.74, 6) is -1.63. The van der Waals surface area contributed by atoms with Crippen LogP contribution in [0.4, 0.5) is 4.79 Å². The molecule has 0 aliphatic carbocycles. The van der Waals surface area contributed by atoms with E-state index in [0.29, 0.717) is 5.56 Å². The first-order valence-corrected chi connectivity index (χ1v) is 14.2. The van der Waals surface area contributed by atoms with E-state index in [2.05, 4.69) is 10.6 Å². The SMILES string of the molecule is CC(NC(=O)OC(C)(C)C)C(=O)N(C(C(=O)NC(Cc1ccccc1)C(=O)OC(C)(C)C)c1ccccc1)C(C)(C)C. The van der Waals surface area contributed by atoms with Gasteiger partial charge in [0.15, 0.2) is 0 Å². The van der Waals surface area contributed by atoms with Gasteiger partial charge in [0.25, 0.3) is 0 Å². The highest BCUT2D eigenvalue weighted by Crippen LogP contribution is 2.30. The van der Waals surface area contributed by atoms with Crippen molar-refractivity contribution < 1.29 is 28.7 Å². The minimum Gasteiger partial charge on any atom is -0.458 e. The molecule has 0 saturated carbocycles. The molecule has 0 aliphatic heterocycles. The van der Waals surface area contributed by atoms with Crippen molar-refractivity contribution in [1.29, 1.82) is 0 Å². The highest BCUT2D eigenvalue weighted by Gasteiger charge is 2.42. The van der Waals surface area contributed by atoms with Crippen LogP contribution in [0, 0.1) is 0 Å². The number of hydrogen-bond acceptors (Lipinski definition) is 6. The average Bonchev–Trinajstić information content (AvgIpc) is 2.84. The van der Waals surface area contributed by atoms with Crippen LogP contribution in [0.3, 0.4) is 0 Å². The molecule has 0 spiro atoms. The maximum Gasteiger partial charge on any atom is 0.408 e. The molecular weight excluding hydrogens is 534 g/mol. The first-order chi connectivity index (χ1) is 19.3. The first-order valence-electron chi connectivity index (χ1n) is 14.2. The van der Waals surface area contributed by atoms with Crippen LogP contribution < -0.4 is 10.6 Å². The Morgan fingerprint density at radius 2 is 1.24 bits per heavy atom. The van der Waals surface area contributed by atoms with Gasteiger partial charge in [-0.2, -0.15) is 0 Å². The molecule has 0 heterocycles. The monoisotopic (exact) mass is 581 g/mol. The van der Waals surface area contributed by atoms with Crippen LogP contribution in [0.5, 0.6) is 0 Å². The van der Waals surface area contributed by atoms with Gasteiger partial charge >= 0.3 is 12.1 Å². The van der Waals surface area contributed by atoms with Crippen molar-refractivity contribution in [3.8, 4) is 0 Å². The summed E-state index contributed by atoms with van der Waals surface area (Å²) in [6.45, 7) is 17.4. The van der Waals surface area contributed by atoms with Gasteiger partial charge in [-0.1, -0.05) is 60.7 Å². The number of nitrogens with zero attached hydrogens (tertiary/aromatic N) is 1. The summed E-state index contributed by atoms with van der Waals surface area (Å²) >= 11 is 0. The van der Waals surface area contributed by atoms with E-state index in [-0.39, 0.29) is 6.42 Å². The van der Waals surface area contributed by atoms with E-state index in [1.165, 1.54) is 4.90 Å². The molecule has 230 valence electrons. The van der Waals surface area contributed by atoms with Crippen molar-refractivity contribution >= 4 is 23.9 Å². The van der Waals surface area contributed by atoms with Crippen LogP contribution in [0.2, 0.25) is 0 Å². The quantitative estimate of drug-likeness (QED) is 0.387. The summed E-state index contributed by atoms with van der Waals surface area (Å²) in [4.78, 5) is 55.5. The van der Waals surface area contributed by atoms with Crippen LogP contribution in [0.25, 0.3) is 0 Å². The molecule has 9 heteroatoms. The summed E-state index contributed by atoms with van der Waals surface area (Å²) < 4.78 is 11.0. The Morgan fingerprint density at radius 3 is 1.71 bits per heavy atom. The topological polar surface area (TPSA) is 114 Å². The Kier molecular flexibility index (Phi) is 11.3. The minimum atomic E-state index is -1.12. The molecule has 3 unspecified atom stereocenters. The van der Waals surface area contributed by atoms with Crippen LogP contribution in [0.15, 0.2) is 60.7 Å². The molecule has 0 bridgehead atoms. The highest BCUT2D eigenvalue weighted by molar-refractivity contribution is 5.94. The van der Waals surface area contributed by atoms with Crippen molar-refractivity contribution in [1.82, 2.24) is 15.5 Å². The number of hydrogen-bond donors (Lipinski definition) is 2. The van der Waals surface area contributed by atoms with E-state index in [4.69, 9.17) is 9.47 Å². The first kappa shape index (κ1) is 34.3. The molecule has 0 radical (unpaired) electrons. The van der Waals surface area contributed by atoms with Gasteiger partial charge in [-0.3, -0.25) is 9.59 Å². The van der Waals surface area contributed by atoms with Crippen LogP contribution >= 0.6 is 0 Å². The van der Waals surface area contributed by atoms with Gasteiger partial charge in [0, 0.05) is 12.0 Å². The summed E-state index contributed by atoms with van der Waals surface area (Å²) in [6, 6.07) is 15.0. The number of esters is 1. The number of alkyl carbamates (subject to hydrolysis) is 1. The average molecular weight is 582 g/mol. The van der Waals surface area contributed by atoms with E-state index < -0.39 is 58.7 Å². The van der Waals surface area contributed by atoms with Gasteiger partial charge in [-0.15, -0.1) is 0 Å². The van der Waals surface area contributed by atoms with Crippen molar-refractivity contribution in [2.45, 2.75) is 111 Å². The third-order valence-corrected chi connectivity index (χ3v) is 5.98. The van der Waals surface area contributed by atoms with Crippen LogP contribution in [-0.2, 0) is 30.3 Å². The second-order valence-electron chi connectivity index (χ2n) is 13.3. The number of ether oxygens (including phenoxy) is 2. The zero-order valence-corrected chi connectivity index (χ0v) is 26.6. The maximum atomic E-state index is 14.2. The number of amides is 3. The van der Waals surface area contributed by atoms with Crippen molar-refractivity contribution in [2.75, 3.05) is 0 Å². The number of benzene rings is 2. The largest absolute Gasteiger partial charge is 0.458 e. The lowest BCUT2D eigenvalue weighted by atomic mass is 9.95. The molecule has 2 rings (SSSR count). The summed E-state index contributed by atoms with van der Waals surface area (Å²) in [5.41, 5.74) is -1.00. The zero-order valence-electron chi connectivity index (χ0n) is 26.6. The van der Waals surface area contributed by atoms with E-state index in [0.717, 1.165) is 5.56 Å². The fourth-order valence-electron chi connectivity index (χ4n) is 4.32. The summed E-state index contributed by atoms with van der Waals surface area (Å²) in [7, 11) is 0. The Labute approximate surface area is 250 Å². The number of carbonyl (C=O) groups excluding carboxylic acids is 4. The summed E-state index contributed by atoms with van der Waals surface area (Å²) in [5, 5.41) is 5.48. The molecule has 0 saturated heterocycles. The van der Waals surface area contributed by atoms with E-state index in [1.807, 2.05) is 57.2 Å². The third kappa shape index (κ3) is 10.8. The maximum absolute atomic E-state index is 14.2. The molecule has 3 atom stereocenters. The Hall–Kier alpha value is -3.88. The molecule has 9 nitrogen and oxygen atoms in total. The summed E-state index contributed by atoms with van der Waals surface area (Å²) in [6.07, 6.45) is -0.547. The molecule has 3 amide bonds. The highest BCUT2D eigenvalue weighted by atomic mass is 16.6. The van der Waals surface area contributed by atoms with Crippen LogP contribution in [-0.4, -0.2) is 57.6 Å². The second kappa shape index (κ2) is 13.9. The number of rotatable bonds is 9. The Balaban J connectivity index is 2.51. The normalized spacial score (nSPS) is 14.1. The van der Waals surface area contributed by atoms with Gasteiger partial charge < -0.3 is 25.0 Å². The number of nitrogens with one attached hydrogen (secondary N) is 2. The second-order valence-corrected chi connectivity index (χ2v) is 13.3. The Morgan fingerprint density at radius 1 is 0.738 bits per heavy atom. The fourth-order valence-corrected chi connectivity index (χ4v) is 4.32. The van der Waals surface area contributed by atoms with Gasteiger partial charge in [0.05, 0.1) is 0 Å². The molecule has 0 aromatic heterocycles. The van der Waals surface area contributed by atoms with E-state index in [9.17, 15) is 19.2 Å². The fraction of sp³-hybridized carbons (Fsp3) is 0.515. The van der Waals surface area contributed by atoms with Gasteiger partial charge in [0.2, 0.25) is 11.8 Å². The van der Waals surface area contributed by atoms with Gasteiger partial charge in [0.1, 0.15) is 29.3 Å². The molecule has 42 heavy (non-hydrogen) atoms. The lowest BCUT2D eigenvalue weighted by molar-refractivity contribution is -0.159. The van der Waals surface area contributed by atoms with E-state index in [1.54, 1.807) is 72.7 Å². The van der Waals surface area contributed by atoms with E-state index >= 15 is 0 Å². The zero-order chi connectivity index (χ0) is 31.9. The number of carbonyl (C=O) groups is 4. The molecule has 2 aromatic carbocycles. The van der Waals surface area contributed by atoms with Crippen LogP contribution in [0.1, 0.15) is 86.4 Å².